The molecule has 3 aromatic heterocycles. The molecule has 8 nitrogen and oxygen atoms in total. The zero-order valence-electron chi connectivity index (χ0n) is 17.0. The van der Waals surface area contributed by atoms with E-state index >= 15 is 0 Å². The first-order valence-electron chi connectivity index (χ1n) is 10.1. The van der Waals surface area contributed by atoms with Gasteiger partial charge >= 0.3 is 0 Å². The number of hydrogen-bond acceptors (Lipinski definition) is 7. The number of hydrogen-bond donors (Lipinski definition) is 2. The summed E-state index contributed by atoms with van der Waals surface area (Å²) in [7, 11) is 1.61. The fraction of sp³-hybridized carbons (Fsp3) is 0.227. The summed E-state index contributed by atoms with van der Waals surface area (Å²) < 4.78 is 21.8. The van der Waals surface area contributed by atoms with Gasteiger partial charge in [0.15, 0.2) is 5.82 Å². The number of pyridine rings is 1. The van der Waals surface area contributed by atoms with Crippen molar-refractivity contribution in [2.24, 2.45) is 0 Å². The standard InChI is InChI=1S/C22H22FN7O/c1-31-20-6-5-15(29-10-7-24-8-11-29)12-18(20)27-22-25-14-17(23)21(28-22)16-13-26-30-9-3-2-4-19(16)30/h2-6,9,12-14,24H,7-8,10-11H2,1H3,(H,25,27,28). The van der Waals surface area contributed by atoms with E-state index in [-0.39, 0.29) is 11.6 Å². The van der Waals surface area contributed by atoms with Gasteiger partial charge in [-0.1, -0.05) is 6.07 Å². The van der Waals surface area contributed by atoms with Gasteiger partial charge < -0.3 is 20.3 Å². The molecular weight excluding hydrogens is 397 g/mol. The highest BCUT2D eigenvalue weighted by Crippen LogP contribution is 2.32. The molecule has 1 aliphatic rings. The molecule has 0 radical (unpaired) electrons. The van der Waals surface area contributed by atoms with Crippen molar-refractivity contribution in [2.45, 2.75) is 0 Å². The number of fused-ring (bicyclic) bond motifs is 1. The number of nitrogens with zero attached hydrogens (tertiary/aromatic N) is 5. The van der Waals surface area contributed by atoms with Crippen LogP contribution in [0.3, 0.4) is 0 Å². The number of benzene rings is 1. The molecule has 4 aromatic rings. The fourth-order valence-electron chi connectivity index (χ4n) is 3.77. The largest absolute Gasteiger partial charge is 0.495 e. The van der Waals surface area contributed by atoms with Crippen molar-refractivity contribution in [3.8, 4) is 17.0 Å². The molecule has 2 N–H and O–H groups in total. The van der Waals surface area contributed by atoms with E-state index in [0.29, 0.717) is 11.3 Å². The van der Waals surface area contributed by atoms with Crippen LogP contribution in [0, 0.1) is 5.82 Å². The second kappa shape index (κ2) is 8.19. The first-order valence-corrected chi connectivity index (χ1v) is 10.1. The van der Waals surface area contributed by atoms with Crippen LogP contribution in [-0.4, -0.2) is 52.9 Å². The summed E-state index contributed by atoms with van der Waals surface area (Å²) in [6.07, 6.45) is 4.59. The Balaban J connectivity index is 1.50. The van der Waals surface area contributed by atoms with Gasteiger partial charge in [0.1, 0.15) is 11.4 Å². The van der Waals surface area contributed by atoms with Crippen molar-refractivity contribution in [2.75, 3.05) is 43.5 Å². The molecule has 5 rings (SSSR count). The van der Waals surface area contributed by atoms with Crippen molar-refractivity contribution in [3.05, 3.63) is 60.8 Å². The predicted molar refractivity (Wildman–Crippen MR) is 118 cm³/mol. The first-order chi connectivity index (χ1) is 15.2. The Morgan fingerprint density at radius 1 is 1.13 bits per heavy atom. The molecule has 1 fully saturated rings. The van der Waals surface area contributed by atoms with Gasteiger partial charge in [0.2, 0.25) is 5.95 Å². The molecule has 1 saturated heterocycles. The molecule has 0 spiro atoms. The lowest BCUT2D eigenvalue weighted by Gasteiger charge is -2.30. The van der Waals surface area contributed by atoms with Crippen LogP contribution in [-0.2, 0) is 0 Å². The Kier molecular flexibility index (Phi) is 5.09. The summed E-state index contributed by atoms with van der Waals surface area (Å²) in [6.45, 7) is 3.74. The minimum atomic E-state index is -0.508. The normalized spacial score (nSPS) is 14.1. The highest BCUT2D eigenvalue weighted by atomic mass is 19.1. The molecule has 1 aliphatic heterocycles. The molecule has 4 heterocycles. The maximum absolute atomic E-state index is 14.6. The van der Waals surface area contributed by atoms with Crippen LogP contribution in [0.4, 0.5) is 21.7 Å². The molecule has 0 atom stereocenters. The number of aromatic nitrogens is 4. The van der Waals surface area contributed by atoms with E-state index in [1.165, 1.54) is 6.20 Å². The Hall–Kier alpha value is -3.72. The minimum Gasteiger partial charge on any atom is -0.495 e. The van der Waals surface area contributed by atoms with Crippen molar-refractivity contribution in [3.63, 3.8) is 0 Å². The molecule has 0 aliphatic carbocycles. The topological polar surface area (TPSA) is 79.6 Å². The van der Waals surface area contributed by atoms with Gasteiger partial charge in [-0.05, 0) is 30.3 Å². The first kappa shape index (κ1) is 19.3. The number of methoxy groups -OCH3 is 1. The Labute approximate surface area is 178 Å². The SMILES string of the molecule is COc1ccc(N2CCNCC2)cc1Nc1ncc(F)c(-c2cnn3ccccc23)n1. The molecule has 0 bridgehead atoms. The third-order valence-electron chi connectivity index (χ3n) is 5.34. The molecule has 158 valence electrons. The van der Waals surface area contributed by atoms with E-state index in [9.17, 15) is 4.39 Å². The summed E-state index contributed by atoms with van der Waals surface area (Å²) in [5.74, 6) is 0.428. The highest BCUT2D eigenvalue weighted by molar-refractivity contribution is 5.78. The number of anilines is 3. The van der Waals surface area contributed by atoms with Crippen LogP contribution < -0.4 is 20.3 Å². The monoisotopic (exact) mass is 419 g/mol. The predicted octanol–water partition coefficient (Wildman–Crippen LogP) is 3.09. The van der Waals surface area contributed by atoms with Gasteiger partial charge in [-0.2, -0.15) is 5.10 Å². The number of rotatable bonds is 5. The Bertz CT molecular complexity index is 1220. The summed E-state index contributed by atoms with van der Waals surface area (Å²) >= 11 is 0. The smallest absolute Gasteiger partial charge is 0.228 e. The number of halogens is 1. The maximum atomic E-state index is 14.6. The number of nitrogens with one attached hydrogen (secondary N) is 2. The molecule has 1 aromatic carbocycles. The van der Waals surface area contributed by atoms with E-state index in [2.05, 4.69) is 30.6 Å². The highest BCUT2D eigenvalue weighted by Gasteiger charge is 2.17. The lowest BCUT2D eigenvalue weighted by Crippen LogP contribution is -2.43. The van der Waals surface area contributed by atoms with E-state index in [1.54, 1.807) is 17.8 Å². The molecule has 0 amide bonds. The summed E-state index contributed by atoms with van der Waals surface area (Å²) in [6, 6.07) is 11.6. The van der Waals surface area contributed by atoms with Gasteiger partial charge in [-0.25, -0.2) is 18.9 Å². The van der Waals surface area contributed by atoms with E-state index in [0.717, 1.165) is 43.1 Å². The summed E-state index contributed by atoms with van der Waals surface area (Å²) in [5, 5.41) is 10.8. The van der Waals surface area contributed by atoms with Crippen LogP contribution in [0.1, 0.15) is 0 Å². The van der Waals surface area contributed by atoms with E-state index < -0.39 is 5.82 Å². The second-order valence-electron chi connectivity index (χ2n) is 7.23. The average Bonchev–Trinajstić information content (AvgIpc) is 3.25. The zero-order chi connectivity index (χ0) is 21.2. The van der Waals surface area contributed by atoms with Crippen LogP contribution in [0.25, 0.3) is 16.8 Å². The summed E-state index contributed by atoms with van der Waals surface area (Å²) in [4.78, 5) is 10.9. The third kappa shape index (κ3) is 3.75. The minimum absolute atomic E-state index is 0.191. The van der Waals surface area contributed by atoms with E-state index in [1.807, 2.05) is 42.6 Å². The van der Waals surface area contributed by atoms with Gasteiger partial charge in [0.25, 0.3) is 0 Å². The molecule has 0 unspecified atom stereocenters. The molecule has 9 heteroatoms. The lowest BCUT2D eigenvalue weighted by molar-refractivity contribution is 0.416. The van der Waals surface area contributed by atoms with Crippen LogP contribution in [0.5, 0.6) is 5.75 Å². The second-order valence-corrected chi connectivity index (χ2v) is 7.23. The number of piperazine rings is 1. The quantitative estimate of drug-likeness (QED) is 0.515. The van der Waals surface area contributed by atoms with Crippen LogP contribution in [0.2, 0.25) is 0 Å². The number of ether oxygens (including phenoxy) is 1. The zero-order valence-corrected chi connectivity index (χ0v) is 17.0. The average molecular weight is 419 g/mol. The van der Waals surface area contributed by atoms with Gasteiger partial charge in [-0.15, -0.1) is 0 Å². The van der Waals surface area contributed by atoms with Crippen molar-refractivity contribution >= 4 is 22.8 Å². The molecule has 0 saturated carbocycles. The lowest BCUT2D eigenvalue weighted by atomic mass is 10.2. The summed E-state index contributed by atoms with van der Waals surface area (Å²) in [5.41, 5.74) is 3.36. The van der Waals surface area contributed by atoms with Crippen molar-refractivity contribution in [1.29, 1.82) is 0 Å². The van der Waals surface area contributed by atoms with Crippen molar-refractivity contribution < 1.29 is 9.13 Å². The van der Waals surface area contributed by atoms with E-state index in [4.69, 9.17) is 4.74 Å². The van der Waals surface area contributed by atoms with Gasteiger partial charge in [-0.3, -0.25) is 0 Å². The van der Waals surface area contributed by atoms with Crippen LogP contribution in [0.15, 0.2) is 55.0 Å². The van der Waals surface area contributed by atoms with Crippen molar-refractivity contribution in [1.82, 2.24) is 24.9 Å². The van der Waals surface area contributed by atoms with Crippen LogP contribution >= 0.6 is 0 Å². The third-order valence-corrected chi connectivity index (χ3v) is 5.34. The Morgan fingerprint density at radius 3 is 2.84 bits per heavy atom. The Morgan fingerprint density at radius 2 is 2.00 bits per heavy atom. The fourth-order valence-corrected chi connectivity index (χ4v) is 3.77. The molecular formula is C22H22FN7O. The van der Waals surface area contributed by atoms with Gasteiger partial charge in [0.05, 0.1) is 30.7 Å². The van der Waals surface area contributed by atoms with Gasteiger partial charge in [0, 0.05) is 43.6 Å². The maximum Gasteiger partial charge on any atom is 0.228 e. The molecule has 31 heavy (non-hydrogen) atoms.